The van der Waals surface area contributed by atoms with E-state index in [2.05, 4.69) is 15.0 Å². The van der Waals surface area contributed by atoms with Gasteiger partial charge in [0.05, 0.1) is 17.2 Å². The molecule has 0 amide bonds. The number of ketones is 1. The monoisotopic (exact) mass is 395 g/mol. The van der Waals surface area contributed by atoms with E-state index < -0.39 is 0 Å². The molecule has 1 aliphatic heterocycles. The molecule has 2 aliphatic rings. The van der Waals surface area contributed by atoms with Crippen LogP contribution in [-0.2, 0) is 4.74 Å². The van der Waals surface area contributed by atoms with Gasteiger partial charge in [0.15, 0.2) is 5.82 Å². The lowest BCUT2D eigenvalue weighted by Crippen LogP contribution is -2.39. The van der Waals surface area contributed by atoms with Crippen LogP contribution in [0.25, 0.3) is 11.0 Å². The normalized spacial score (nSPS) is 22.4. The maximum atomic E-state index is 13.8. The first-order valence-corrected chi connectivity index (χ1v) is 10.1. The number of hydrogen-bond donors (Lipinski definition) is 1. The minimum absolute atomic E-state index is 0.0118. The largest absolute Gasteiger partial charge is 0.474 e. The molecule has 1 saturated heterocycles. The lowest BCUT2D eigenvalue weighted by Gasteiger charge is -2.34. The maximum absolute atomic E-state index is 13.8. The fourth-order valence-electron chi connectivity index (χ4n) is 4.14. The molecule has 1 aromatic carbocycles. The molecular formula is C22H22FN3O3. The lowest BCUT2D eigenvalue weighted by molar-refractivity contribution is 0.0448. The number of hydrogen-bond acceptors (Lipinski definition) is 5. The molecule has 0 spiro atoms. The molecule has 7 heteroatoms. The summed E-state index contributed by atoms with van der Waals surface area (Å²) in [6.45, 7) is 1.33. The van der Waals surface area contributed by atoms with Crippen molar-refractivity contribution in [2.24, 2.45) is 5.92 Å². The summed E-state index contributed by atoms with van der Waals surface area (Å²) in [5.74, 6) is 0.612. The van der Waals surface area contributed by atoms with E-state index in [1.54, 1.807) is 0 Å². The van der Waals surface area contributed by atoms with Gasteiger partial charge in [0.1, 0.15) is 11.9 Å². The molecule has 0 radical (unpaired) electrons. The van der Waals surface area contributed by atoms with Crippen LogP contribution in [0.1, 0.15) is 47.8 Å². The number of aromatic amines is 1. The highest BCUT2D eigenvalue weighted by molar-refractivity contribution is 5.97. The van der Waals surface area contributed by atoms with Crippen molar-refractivity contribution in [1.82, 2.24) is 15.0 Å². The number of fused-ring (bicyclic) bond motifs is 1. The Labute approximate surface area is 167 Å². The minimum atomic E-state index is -0.356. The molecule has 0 atom stereocenters. The van der Waals surface area contributed by atoms with E-state index in [9.17, 15) is 9.18 Å². The van der Waals surface area contributed by atoms with E-state index >= 15 is 0 Å². The zero-order valence-electron chi connectivity index (χ0n) is 15.9. The van der Waals surface area contributed by atoms with Gasteiger partial charge in [-0.3, -0.25) is 4.79 Å². The van der Waals surface area contributed by atoms with Gasteiger partial charge in [-0.25, -0.2) is 14.4 Å². The van der Waals surface area contributed by atoms with Crippen LogP contribution in [0.5, 0.6) is 5.88 Å². The quantitative estimate of drug-likeness (QED) is 0.660. The van der Waals surface area contributed by atoms with Crippen LogP contribution in [0, 0.1) is 11.7 Å². The van der Waals surface area contributed by atoms with Crippen LogP contribution >= 0.6 is 0 Å². The van der Waals surface area contributed by atoms with Crippen LogP contribution in [0.3, 0.4) is 0 Å². The third kappa shape index (κ3) is 3.62. The average molecular weight is 395 g/mol. The molecule has 2 fully saturated rings. The molecule has 1 N–H and O–H groups in total. The number of rotatable bonds is 5. The number of aromatic nitrogens is 3. The van der Waals surface area contributed by atoms with E-state index in [0.717, 1.165) is 29.4 Å². The number of nitrogens with one attached hydrogen (secondary N) is 1. The van der Waals surface area contributed by atoms with Crippen molar-refractivity contribution >= 4 is 16.8 Å². The number of ether oxygens (including phenoxy) is 2. The maximum Gasteiger partial charge on any atom is 0.217 e. The molecule has 2 aromatic heterocycles. The highest BCUT2D eigenvalue weighted by Gasteiger charge is 2.38. The summed E-state index contributed by atoms with van der Waals surface area (Å²) in [5.41, 5.74) is 2.46. The second-order valence-corrected chi connectivity index (χ2v) is 7.81. The Morgan fingerprint density at radius 1 is 1.21 bits per heavy atom. The molecule has 6 nitrogen and oxygen atoms in total. The number of para-hydroxylation sites is 2. The number of carbonyl (C=O) groups is 1. The van der Waals surface area contributed by atoms with Crippen molar-refractivity contribution in [2.75, 3.05) is 13.2 Å². The Morgan fingerprint density at radius 3 is 2.79 bits per heavy atom. The fourth-order valence-corrected chi connectivity index (χ4v) is 4.14. The first-order valence-electron chi connectivity index (χ1n) is 10.1. The molecule has 0 unspecified atom stereocenters. The van der Waals surface area contributed by atoms with E-state index in [4.69, 9.17) is 9.47 Å². The molecule has 3 aromatic rings. The Bertz CT molecular complexity index is 1010. The molecule has 29 heavy (non-hydrogen) atoms. The number of nitrogens with zero attached hydrogens (tertiary/aromatic N) is 2. The van der Waals surface area contributed by atoms with Crippen molar-refractivity contribution in [3.8, 4) is 5.88 Å². The molecule has 150 valence electrons. The van der Waals surface area contributed by atoms with E-state index in [1.807, 2.05) is 24.3 Å². The second-order valence-electron chi connectivity index (χ2n) is 7.81. The number of imidazole rings is 1. The van der Waals surface area contributed by atoms with Crippen LogP contribution in [-0.4, -0.2) is 40.1 Å². The summed E-state index contributed by atoms with van der Waals surface area (Å²) < 4.78 is 25.2. The minimum Gasteiger partial charge on any atom is -0.474 e. The topological polar surface area (TPSA) is 77.1 Å². The number of halogens is 1. The second kappa shape index (κ2) is 7.55. The zero-order chi connectivity index (χ0) is 19.8. The molecule has 5 rings (SSSR count). The predicted octanol–water partition coefficient (Wildman–Crippen LogP) is 4.03. The van der Waals surface area contributed by atoms with Crippen molar-refractivity contribution in [3.05, 3.63) is 53.7 Å². The summed E-state index contributed by atoms with van der Waals surface area (Å²) in [7, 11) is 0. The van der Waals surface area contributed by atoms with Crippen molar-refractivity contribution in [2.45, 2.75) is 37.7 Å². The van der Waals surface area contributed by atoms with Crippen molar-refractivity contribution < 1.29 is 18.7 Å². The number of carbonyl (C=O) groups excluding carboxylic acids is 1. The van der Waals surface area contributed by atoms with E-state index in [-0.39, 0.29) is 29.5 Å². The Kier molecular flexibility index (Phi) is 4.75. The highest BCUT2D eigenvalue weighted by Crippen LogP contribution is 2.37. The molecule has 0 bridgehead atoms. The molecule has 1 aliphatic carbocycles. The number of H-pyrrole nitrogens is 1. The van der Waals surface area contributed by atoms with Gasteiger partial charge in [-0.1, -0.05) is 12.1 Å². The van der Waals surface area contributed by atoms with Crippen LogP contribution in [0.4, 0.5) is 4.39 Å². The Morgan fingerprint density at radius 2 is 2.00 bits per heavy atom. The lowest BCUT2D eigenvalue weighted by atomic mass is 9.79. The molecule has 3 heterocycles. The number of pyridine rings is 1. The van der Waals surface area contributed by atoms with E-state index in [1.165, 1.54) is 12.3 Å². The summed E-state index contributed by atoms with van der Waals surface area (Å²) in [5, 5.41) is 0. The predicted molar refractivity (Wildman–Crippen MR) is 105 cm³/mol. The third-order valence-electron chi connectivity index (χ3n) is 5.87. The summed E-state index contributed by atoms with van der Waals surface area (Å²) in [6, 6.07) is 9.12. The molecular weight excluding hydrogens is 373 g/mol. The van der Waals surface area contributed by atoms with Crippen molar-refractivity contribution in [3.63, 3.8) is 0 Å². The van der Waals surface area contributed by atoms with Gasteiger partial charge in [0, 0.05) is 24.7 Å². The van der Waals surface area contributed by atoms with Gasteiger partial charge < -0.3 is 14.5 Å². The highest BCUT2D eigenvalue weighted by atomic mass is 19.1. The third-order valence-corrected chi connectivity index (χ3v) is 5.87. The zero-order valence-corrected chi connectivity index (χ0v) is 15.9. The van der Waals surface area contributed by atoms with Crippen LogP contribution in [0.15, 0.2) is 36.5 Å². The summed E-state index contributed by atoms with van der Waals surface area (Å²) in [6.07, 6.45) is 3.99. The Hall–Kier alpha value is -2.80. The van der Waals surface area contributed by atoms with Gasteiger partial charge >= 0.3 is 0 Å². The van der Waals surface area contributed by atoms with Gasteiger partial charge in [-0.15, -0.1) is 0 Å². The smallest absolute Gasteiger partial charge is 0.217 e. The van der Waals surface area contributed by atoms with Gasteiger partial charge in [0.2, 0.25) is 11.7 Å². The first-order chi connectivity index (χ1) is 14.2. The van der Waals surface area contributed by atoms with Crippen LogP contribution < -0.4 is 4.74 Å². The van der Waals surface area contributed by atoms with Crippen molar-refractivity contribution in [1.29, 1.82) is 0 Å². The number of benzene rings is 1. The van der Waals surface area contributed by atoms with Gasteiger partial charge in [0.25, 0.3) is 0 Å². The van der Waals surface area contributed by atoms with E-state index in [0.29, 0.717) is 37.8 Å². The summed E-state index contributed by atoms with van der Waals surface area (Å²) in [4.78, 5) is 24.4. The van der Waals surface area contributed by atoms with Gasteiger partial charge in [-0.05, 0) is 49.8 Å². The first kappa shape index (κ1) is 18.2. The average Bonchev–Trinajstić information content (AvgIpc) is 3.16. The Balaban J connectivity index is 1.25. The van der Waals surface area contributed by atoms with Gasteiger partial charge in [-0.2, -0.15) is 0 Å². The standard InChI is InChI=1S/C22H22FN3O3/c23-15-11-17(13-5-7-28-8-6-13)22(24-12-15)29-16-9-14(10-16)20(27)21-25-18-3-1-2-4-19(18)26-21/h1-4,11-14,16H,5-10H2,(H,25,26). The van der Waals surface area contributed by atoms with Crippen LogP contribution in [0.2, 0.25) is 0 Å². The SMILES string of the molecule is O=C(c1nc2ccccc2[nH]1)C1CC(Oc2ncc(F)cc2C2CCOCC2)C1. The number of Topliss-reactive ketones (excluding diaryl/α,β-unsaturated/α-hetero) is 1. The summed E-state index contributed by atoms with van der Waals surface area (Å²) >= 11 is 0. The molecule has 1 saturated carbocycles. The fraction of sp³-hybridized carbons (Fsp3) is 0.409.